The molecule has 3 aromatic carbocycles. The Labute approximate surface area is 254 Å². The highest BCUT2D eigenvalue weighted by Gasteiger charge is 2.49. The molecule has 4 heterocycles. The average Bonchev–Trinajstić information content (AvgIpc) is 3.51. The van der Waals surface area contributed by atoms with E-state index in [0.29, 0.717) is 42.2 Å². The number of nitriles is 1. The van der Waals surface area contributed by atoms with Crippen molar-refractivity contribution >= 4 is 44.9 Å². The third-order valence-corrected chi connectivity index (χ3v) is 9.61. The molecule has 0 spiro atoms. The second kappa shape index (κ2) is 10.8. The number of fused-ring (bicyclic) bond motifs is 3. The van der Waals surface area contributed by atoms with Gasteiger partial charge in [-0.3, -0.25) is 9.69 Å². The van der Waals surface area contributed by atoms with Crippen LogP contribution in [0, 0.1) is 11.3 Å². The van der Waals surface area contributed by atoms with Gasteiger partial charge in [-0.15, -0.1) is 0 Å². The number of benzene rings is 3. The first-order valence-corrected chi connectivity index (χ1v) is 15.0. The zero-order chi connectivity index (χ0) is 29.8. The second-order valence-corrected chi connectivity index (χ2v) is 12.1. The molecule has 0 bridgehead atoms. The van der Waals surface area contributed by atoms with E-state index in [0.717, 1.165) is 39.4 Å². The fourth-order valence-corrected chi connectivity index (χ4v) is 7.37. The van der Waals surface area contributed by atoms with Crippen molar-refractivity contribution in [3.05, 3.63) is 77.8 Å². The Balaban J connectivity index is 1.34. The number of anilines is 1. The number of rotatable bonds is 6. The van der Waals surface area contributed by atoms with Crippen molar-refractivity contribution in [1.29, 1.82) is 5.26 Å². The maximum atomic E-state index is 14.1. The normalized spacial score (nSPS) is 23.3. The number of hydrogen-bond donors (Lipinski definition) is 0. The summed E-state index contributed by atoms with van der Waals surface area (Å²) in [5, 5.41) is 14.0. The molecule has 1 amide bonds. The van der Waals surface area contributed by atoms with Crippen LogP contribution < -0.4 is 9.64 Å². The predicted octanol–water partition coefficient (Wildman–Crippen LogP) is 5.98. The molecular weight excluding hydrogens is 565 g/mol. The lowest BCUT2D eigenvalue weighted by atomic mass is 9.92. The summed E-state index contributed by atoms with van der Waals surface area (Å²) in [7, 11) is 1.89. The molecule has 43 heavy (non-hydrogen) atoms. The van der Waals surface area contributed by atoms with Crippen molar-refractivity contribution in [3.8, 4) is 23.1 Å². The molecule has 0 radical (unpaired) electrons. The molecule has 0 saturated carbocycles. The molecule has 3 aliphatic heterocycles. The molecule has 0 unspecified atom stereocenters. The number of halogens is 2. The van der Waals surface area contributed by atoms with E-state index in [-0.39, 0.29) is 36.5 Å². The largest absolute Gasteiger partial charge is 0.475 e. The van der Waals surface area contributed by atoms with E-state index in [2.05, 4.69) is 17.5 Å². The SMILES string of the molecule is C=CC(=O)N1CC[C@@H]2[C@H]1CN2c1c(C#N)c(OC[C@@H]2C[C@@H](F)CN2C)nc2cc(-c3cccc4cccc(Cl)c34)ccc12. The highest BCUT2D eigenvalue weighted by atomic mass is 35.5. The van der Waals surface area contributed by atoms with Crippen LogP contribution >= 0.6 is 11.6 Å². The Kier molecular flexibility index (Phi) is 6.95. The van der Waals surface area contributed by atoms with Gasteiger partial charge in [-0.25, -0.2) is 9.37 Å². The zero-order valence-electron chi connectivity index (χ0n) is 23.8. The first-order valence-electron chi connectivity index (χ1n) is 14.6. The van der Waals surface area contributed by atoms with E-state index in [9.17, 15) is 14.4 Å². The Morgan fingerprint density at radius 3 is 2.77 bits per heavy atom. The van der Waals surface area contributed by atoms with Gasteiger partial charge in [0.1, 0.15) is 24.4 Å². The van der Waals surface area contributed by atoms with Crippen molar-refractivity contribution in [2.24, 2.45) is 0 Å². The molecule has 4 atom stereocenters. The number of nitrogens with zero attached hydrogens (tertiary/aromatic N) is 5. The van der Waals surface area contributed by atoms with Gasteiger partial charge in [0, 0.05) is 41.5 Å². The molecular formula is C34H31ClFN5O2. The number of likely N-dealkylation sites (N-methyl/N-ethyl adjacent to an activating group) is 1. The molecule has 4 aromatic rings. The first kappa shape index (κ1) is 27.6. The lowest BCUT2D eigenvalue weighted by Gasteiger charge is -2.48. The van der Waals surface area contributed by atoms with Crippen molar-refractivity contribution in [3.63, 3.8) is 0 Å². The van der Waals surface area contributed by atoms with Crippen LogP contribution in [0.1, 0.15) is 18.4 Å². The van der Waals surface area contributed by atoms with Crippen LogP contribution in [0.5, 0.6) is 5.88 Å². The fraction of sp³-hybridized carbons (Fsp3) is 0.324. The molecule has 1 aromatic heterocycles. The van der Waals surface area contributed by atoms with Gasteiger partial charge in [-0.2, -0.15) is 5.26 Å². The standard InChI is InChI=1S/C34H31ClFN5O2/c1-3-31(42)40-13-12-29-30(40)18-41(29)33-25-11-10-21(24-8-4-6-20-7-5-9-27(35)32(20)24)14-28(25)38-34(26(33)16-37)43-19-23-15-22(36)17-39(23)2/h3-11,14,22-23,29-30H,1,12-13,15,17-19H2,2H3/t22-,23+,29-,30-/m1/s1. The van der Waals surface area contributed by atoms with E-state index in [1.807, 2.05) is 71.4 Å². The van der Waals surface area contributed by atoms with Crippen LogP contribution in [-0.4, -0.2) is 78.3 Å². The molecule has 218 valence electrons. The van der Waals surface area contributed by atoms with Gasteiger partial charge in [-0.1, -0.05) is 60.6 Å². The summed E-state index contributed by atoms with van der Waals surface area (Å²) in [4.78, 5) is 23.4. The lowest BCUT2D eigenvalue weighted by Crippen LogP contribution is -2.63. The smallest absolute Gasteiger partial charge is 0.246 e. The van der Waals surface area contributed by atoms with Crippen molar-refractivity contribution in [2.75, 3.05) is 38.2 Å². The summed E-state index contributed by atoms with van der Waals surface area (Å²) in [6.07, 6.45) is 1.65. The number of alkyl halides is 1. The second-order valence-electron chi connectivity index (χ2n) is 11.7. The van der Waals surface area contributed by atoms with Crippen LogP contribution in [0.4, 0.5) is 10.1 Å². The van der Waals surface area contributed by atoms with Crippen LogP contribution in [0.15, 0.2) is 67.3 Å². The first-order chi connectivity index (χ1) is 20.9. The molecule has 3 fully saturated rings. The zero-order valence-corrected chi connectivity index (χ0v) is 24.6. The fourth-order valence-electron chi connectivity index (χ4n) is 7.08. The van der Waals surface area contributed by atoms with Gasteiger partial charge < -0.3 is 14.5 Å². The van der Waals surface area contributed by atoms with Gasteiger partial charge in [-0.05, 0) is 54.6 Å². The highest BCUT2D eigenvalue weighted by molar-refractivity contribution is 6.36. The van der Waals surface area contributed by atoms with E-state index in [1.165, 1.54) is 6.08 Å². The number of hydrogen-bond acceptors (Lipinski definition) is 6. The van der Waals surface area contributed by atoms with Gasteiger partial charge >= 0.3 is 0 Å². The van der Waals surface area contributed by atoms with Crippen molar-refractivity contribution in [1.82, 2.24) is 14.8 Å². The minimum absolute atomic E-state index is 0.0651. The number of carbonyl (C=O) groups is 1. The summed E-state index contributed by atoms with van der Waals surface area (Å²) in [6.45, 7) is 5.51. The van der Waals surface area contributed by atoms with Gasteiger partial charge in [0.05, 0.1) is 23.3 Å². The summed E-state index contributed by atoms with van der Waals surface area (Å²) >= 11 is 6.67. The molecule has 0 N–H and O–H groups in total. The minimum atomic E-state index is -0.897. The Morgan fingerprint density at radius 2 is 2.02 bits per heavy atom. The van der Waals surface area contributed by atoms with E-state index in [4.69, 9.17) is 21.3 Å². The number of aromatic nitrogens is 1. The number of pyridine rings is 1. The maximum Gasteiger partial charge on any atom is 0.246 e. The average molecular weight is 596 g/mol. The van der Waals surface area contributed by atoms with Crippen molar-refractivity contribution in [2.45, 2.75) is 37.1 Å². The van der Waals surface area contributed by atoms with E-state index >= 15 is 0 Å². The van der Waals surface area contributed by atoms with Crippen LogP contribution in [0.25, 0.3) is 32.8 Å². The number of ether oxygens (including phenoxy) is 1. The Bertz CT molecular complexity index is 1820. The van der Waals surface area contributed by atoms with E-state index < -0.39 is 6.17 Å². The van der Waals surface area contributed by atoms with E-state index in [1.54, 1.807) is 0 Å². The van der Waals surface area contributed by atoms with Crippen LogP contribution in [0.3, 0.4) is 0 Å². The number of likely N-dealkylation sites (tertiary alicyclic amines) is 2. The van der Waals surface area contributed by atoms with Crippen LogP contribution in [0.2, 0.25) is 5.02 Å². The van der Waals surface area contributed by atoms with Crippen LogP contribution in [-0.2, 0) is 4.79 Å². The number of amides is 1. The highest BCUT2D eigenvalue weighted by Crippen LogP contribution is 2.45. The molecule has 7 rings (SSSR count). The molecule has 3 saturated heterocycles. The third-order valence-electron chi connectivity index (χ3n) is 9.29. The van der Waals surface area contributed by atoms with Crippen molar-refractivity contribution < 1.29 is 13.9 Å². The maximum absolute atomic E-state index is 14.1. The summed E-state index contributed by atoms with van der Waals surface area (Å²) in [6, 6.07) is 20.5. The topological polar surface area (TPSA) is 72.7 Å². The predicted molar refractivity (Wildman–Crippen MR) is 167 cm³/mol. The van der Waals surface area contributed by atoms with Gasteiger partial charge in [0.2, 0.25) is 11.8 Å². The molecule has 3 aliphatic rings. The Morgan fingerprint density at radius 1 is 1.21 bits per heavy atom. The summed E-state index contributed by atoms with van der Waals surface area (Å²) < 4.78 is 20.3. The monoisotopic (exact) mass is 595 g/mol. The molecule has 0 aliphatic carbocycles. The molecule has 7 nitrogen and oxygen atoms in total. The Hall–Kier alpha value is -4.19. The third kappa shape index (κ3) is 4.59. The number of carbonyl (C=O) groups excluding carboxylic acids is 1. The van der Waals surface area contributed by atoms with Gasteiger partial charge in [0.25, 0.3) is 0 Å². The quantitative estimate of drug-likeness (QED) is 0.256. The summed E-state index contributed by atoms with van der Waals surface area (Å²) in [5.74, 6) is 0.177. The minimum Gasteiger partial charge on any atom is -0.475 e. The lowest BCUT2D eigenvalue weighted by molar-refractivity contribution is -0.127. The molecule has 9 heteroatoms. The summed E-state index contributed by atoms with van der Waals surface area (Å²) in [5.41, 5.74) is 3.75. The van der Waals surface area contributed by atoms with Gasteiger partial charge in [0.15, 0.2) is 0 Å².